The maximum Gasteiger partial charge on any atom is 0.258 e. The molecule has 0 saturated carbocycles. The van der Waals surface area contributed by atoms with E-state index in [2.05, 4.69) is 16.7 Å². The van der Waals surface area contributed by atoms with Crippen LogP contribution in [0.15, 0.2) is 59.6 Å². The second kappa shape index (κ2) is 7.00. The standard InChI is InChI=1S/C19H18N2O3/c1-4-11-23-16-10-9-15(12-17(16)22-3)18-20-19(24-21-18)14-7-5-13(2)6-8-14/h4-10,12H,1,11H2,2-3H3. The molecule has 0 spiro atoms. The monoisotopic (exact) mass is 322 g/mol. The van der Waals surface area contributed by atoms with E-state index in [9.17, 15) is 0 Å². The van der Waals surface area contributed by atoms with E-state index in [-0.39, 0.29) is 0 Å². The molecule has 0 unspecified atom stereocenters. The van der Waals surface area contributed by atoms with Crippen LogP contribution in [0.4, 0.5) is 0 Å². The van der Waals surface area contributed by atoms with Gasteiger partial charge in [-0.1, -0.05) is 35.5 Å². The molecule has 0 radical (unpaired) electrons. The summed E-state index contributed by atoms with van der Waals surface area (Å²) in [7, 11) is 1.59. The molecule has 2 aromatic carbocycles. The zero-order valence-corrected chi connectivity index (χ0v) is 13.7. The average Bonchev–Trinajstić information content (AvgIpc) is 3.10. The van der Waals surface area contributed by atoms with Crippen LogP contribution >= 0.6 is 0 Å². The van der Waals surface area contributed by atoms with Crippen LogP contribution in [0.3, 0.4) is 0 Å². The molecule has 0 fully saturated rings. The fourth-order valence-corrected chi connectivity index (χ4v) is 2.23. The van der Waals surface area contributed by atoms with Crippen molar-refractivity contribution in [2.45, 2.75) is 6.92 Å². The number of aryl methyl sites for hydroxylation is 1. The van der Waals surface area contributed by atoms with E-state index in [1.807, 2.05) is 49.4 Å². The van der Waals surface area contributed by atoms with Crippen molar-refractivity contribution in [3.8, 4) is 34.3 Å². The van der Waals surface area contributed by atoms with Crippen LogP contribution in [0.2, 0.25) is 0 Å². The van der Waals surface area contributed by atoms with Gasteiger partial charge in [-0.3, -0.25) is 0 Å². The van der Waals surface area contributed by atoms with Gasteiger partial charge in [0.25, 0.3) is 5.89 Å². The van der Waals surface area contributed by atoms with Crippen molar-refractivity contribution in [1.29, 1.82) is 0 Å². The summed E-state index contributed by atoms with van der Waals surface area (Å²) < 4.78 is 16.3. The minimum atomic E-state index is 0.412. The van der Waals surface area contributed by atoms with Crippen LogP contribution in [0.25, 0.3) is 22.8 Å². The highest BCUT2D eigenvalue weighted by atomic mass is 16.5. The zero-order valence-electron chi connectivity index (χ0n) is 13.7. The molecule has 122 valence electrons. The van der Waals surface area contributed by atoms with E-state index < -0.39 is 0 Å². The summed E-state index contributed by atoms with van der Waals surface area (Å²) in [4.78, 5) is 4.46. The number of methoxy groups -OCH3 is 1. The fourth-order valence-electron chi connectivity index (χ4n) is 2.23. The number of benzene rings is 2. The number of hydrogen-bond donors (Lipinski definition) is 0. The van der Waals surface area contributed by atoms with Gasteiger partial charge in [0, 0.05) is 11.1 Å². The third kappa shape index (κ3) is 3.30. The van der Waals surface area contributed by atoms with Crippen LogP contribution in [0.1, 0.15) is 5.56 Å². The van der Waals surface area contributed by atoms with E-state index in [1.54, 1.807) is 13.2 Å². The molecule has 0 saturated heterocycles. The molecule has 5 heteroatoms. The van der Waals surface area contributed by atoms with Gasteiger partial charge in [-0.25, -0.2) is 0 Å². The van der Waals surface area contributed by atoms with Gasteiger partial charge in [-0.2, -0.15) is 4.98 Å². The molecule has 0 atom stereocenters. The molecular weight excluding hydrogens is 304 g/mol. The van der Waals surface area contributed by atoms with Gasteiger partial charge in [-0.15, -0.1) is 0 Å². The third-order valence-electron chi connectivity index (χ3n) is 3.50. The molecule has 3 aromatic rings. The molecule has 0 amide bonds. The van der Waals surface area contributed by atoms with Gasteiger partial charge < -0.3 is 14.0 Å². The summed E-state index contributed by atoms with van der Waals surface area (Å²) in [6, 6.07) is 13.4. The smallest absolute Gasteiger partial charge is 0.258 e. The number of aromatic nitrogens is 2. The van der Waals surface area contributed by atoms with Crippen molar-refractivity contribution < 1.29 is 14.0 Å². The van der Waals surface area contributed by atoms with Crippen molar-refractivity contribution in [2.24, 2.45) is 0 Å². The molecule has 1 heterocycles. The van der Waals surface area contributed by atoms with E-state index >= 15 is 0 Å². The maximum atomic E-state index is 5.55. The normalized spacial score (nSPS) is 10.4. The third-order valence-corrected chi connectivity index (χ3v) is 3.50. The highest BCUT2D eigenvalue weighted by Crippen LogP contribution is 2.32. The lowest BCUT2D eigenvalue weighted by atomic mass is 10.1. The fraction of sp³-hybridized carbons (Fsp3) is 0.158. The van der Waals surface area contributed by atoms with Crippen molar-refractivity contribution in [3.05, 3.63) is 60.7 Å². The highest BCUT2D eigenvalue weighted by molar-refractivity contribution is 5.63. The maximum absolute atomic E-state index is 5.55. The summed E-state index contributed by atoms with van der Waals surface area (Å²) in [6.45, 7) is 6.08. The Kier molecular flexibility index (Phi) is 4.61. The molecule has 5 nitrogen and oxygen atoms in total. The molecule has 1 aromatic heterocycles. The van der Waals surface area contributed by atoms with Crippen molar-refractivity contribution >= 4 is 0 Å². The van der Waals surface area contributed by atoms with Crippen molar-refractivity contribution in [3.63, 3.8) is 0 Å². The lowest BCUT2D eigenvalue weighted by molar-refractivity contribution is 0.326. The van der Waals surface area contributed by atoms with Gasteiger partial charge in [0.15, 0.2) is 11.5 Å². The first-order valence-electron chi connectivity index (χ1n) is 7.54. The zero-order chi connectivity index (χ0) is 16.9. The van der Waals surface area contributed by atoms with Gasteiger partial charge in [0.2, 0.25) is 5.82 Å². The minimum absolute atomic E-state index is 0.412. The molecule has 24 heavy (non-hydrogen) atoms. The van der Waals surface area contributed by atoms with E-state index in [0.717, 1.165) is 11.1 Å². The predicted molar refractivity (Wildman–Crippen MR) is 92.2 cm³/mol. The summed E-state index contributed by atoms with van der Waals surface area (Å²) in [6.07, 6.45) is 1.68. The first-order chi connectivity index (χ1) is 11.7. The van der Waals surface area contributed by atoms with Crippen LogP contribution in [-0.4, -0.2) is 23.9 Å². The Morgan fingerprint density at radius 1 is 1.08 bits per heavy atom. The number of nitrogens with zero attached hydrogens (tertiary/aromatic N) is 2. The Bertz CT molecular complexity index is 838. The molecular formula is C19H18N2O3. The Morgan fingerprint density at radius 2 is 1.83 bits per heavy atom. The number of rotatable bonds is 6. The Balaban J connectivity index is 1.89. The van der Waals surface area contributed by atoms with Crippen LogP contribution < -0.4 is 9.47 Å². The van der Waals surface area contributed by atoms with Gasteiger partial charge in [0.05, 0.1) is 7.11 Å². The van der Waals surface area contributed by atoms with Crippen molar-refractivity contribution in [2.75, 3.05) is 13.7 Å². The summed E-state index contributed by atoms with van der Waals surface area (Å²) >= 11 is 0. The first kappa shape index (κ1) is 15.8. The molecule has 0 aliphatic heterocycles. The topological polar surface area (TPSA) is 57.4 Å². The van der Waals surface area contributed by atoms with Gasteiger partial charge in [0.1, 0.15) is 6.61 Å². The minimum Gasteiger partial charge on any atom is -0.493 e. The Labute approximate surface area is 140 Å². The molecule has 0 N–H and O–H groups in total. The predicted octanol–water partition coefficient (Wildman–Crippen LogP) is 4.29. The quantitative estimate of drug-likeness (QED) is 0.634. The molecule has 0 aliphatic rings. The van der Waals surface area contributed by atoms with E-state index in [0.29, 0.717) is 29.8 Å². The largest absolute Gasteiger partial charge is 0.493 e. The van der Waals surface area contributed by atoms with Gasteiger partial charge >= 0.3 is 0 Å². The summed E-state index contributed by atoms with van der Waals surface area (Å²) in [5, 5.41) is 4.05. The van der Waals surface area contributed by atoms with Crippen LogP contribution in [0, 0.1) is 6.92 Å². The number of ether oxygens (including phenoxy) is 2. The molecule has 0 bridgehead atoms. The summed E-state index contributed by atoms with van der Waals surface area (Å²) in [5.41, 5.74) is 2.86. The van der Waals surface area contributed by atoms with Crippen LogP contribution in [-0.2, 0) is 0 Å². The lowest BCUT2D eigenvalue weighted by Gasteiger charge is -2.09. The van der Waals surface area contributed by atoms with Crippen molar-refractivity contribution in [1.82, 2.24) is 10.1 Å². The Morgan fingerprint density at radius 3 is 2.54 bits per heavy atom. The van der Waals surface area contributed by atoms with E-state index in [1.165, 1.54) is 5.56 Å². The van der Waals surface area contributed by atoms with E-state index in [4.69, 9.17) is 14.0 Å². The second-order valence-corrected chi connectivity index (χ2v) is 5.25. The lowest BCUT2D eigenvalue weighted by Crippen LogP contribution is -1.96. The number of hydrogen-bond acceptors (Lipinski definition) is 5. The highest BCUT2D eigenvalue weighted by Gasteiger charge is 2.13. The van der Waals surface area contributed by atoms with Gasteiger partial charge in [-0.05, 0) is 37.3 Å². The summed E-state index contributed by atoms with van der Waals surface area (Å²) in [5.74, 6) is 2.23. The van der Waals surface area contributed by atoms with Crippen LogP contribution in [0.5, 0.6) is 11.5 Å². The first-order valence-corrected chi connectivity index (χ1v) is 7.54. The Hall–Kier alpha value is -3.08. The molecule has 0 aliphatic carbocycles. The SMILES string of the molecule is C=CCOc1ccc(-c2noc(-c3ccc(C)cc3)n2)cc1OC. The second-order valence-electron chi connectivity index (χ2n) is 5.25. The molecule has 3 rings (SSSR count). The average molecular weight is 322 g/mol.